The molecule has 1 aliphatic rings. The Morgan fingerprint density at radius 1 is 1.53 bits per heavy atom. The van der Waals surface area contributed by atoms with E-state index < -0.39 is 0 Å². The first-order valence-corrected chi connectivity index (χ1v) is 6.38. The molecule has 92 valence electrons. The summed E-state index contributed by atoms with van der Waals surface area (Å²) in [6.45, 7) is 8.61. The van der Waals surface area contributed by atoms with Crippen LogP contribution in [0.25, 0.3) is 0 Å². The molecule has 0 aliphatic heterocycles. The molecule has 0 radical (unpaired) electrons. The Morgan fingerprint density at radius 2 is 2.35 bits per heavy atom. The van der Waals surface area contributed by atoms with Gasteiger partial charge in [-0.25, -0.2) is 4.98 Å². The lowest BCUT2D eigenvalue weighted by Gasteiger charge is -2.20. The molecule has 1 aromatic rings. The van der Waals surface area contributed by atoms with Crippen LogP contribution in [0.5, 0.6) is 0 Å². The molecular formula is C14H21N3. The van der Waals surface area contributed by atoms with Crippen molar-refractivity contribution in [1.82, 2.24) is 10.3 Å². The monoisotopic (exact) mass is 231 g/mol. The summed E-state index contributed by atoms with van der Waals surface area (Å²) in [5.74, 6) is 1.04. The summed E-state index contributed by atoms with van der Waals surface area (Å²) < 4.78 is 0. The fraction of sp³-hybridized carbons (Fsp3) is 0.500. The molecule has 1 fully saturated rings. The van der Waals surface area contributed by atoms with E-state index >= 15 is 0 Å². The first kappa shape index (κ1) is 12.1. The molecule has 1 heterocycles. The van der Waals surface area contributed by atoms with Gasteiger partial charge in [-0.05, 0) is 31.9 Å². The highest BCUT2D eigenvalue weighted by Gasteiger charge is 2.20. The lowest BCUT2D eigenvalue weighted by Crippen LogP contribution is -2.24. The number of hydrogen-bond donors (Lipinski definition) is 1. The zero-order valence-corrected chi connectivity index (χ0v) is 10.5. The predicted octanol–water partition coefficient (Wildman–Crippen LogP) is 2.35. The van der Waals surface area contributed by atoms with Gasteiger partial charge in [-0.15, -0.1) is 6.58 Å². The van der Waals surface area contributed by atoms with E-state index in [9.17, 15) is 0 Å². The molecule has 1 saturated carbocycles. The third-order valence-electron chi connectivity index (χ3n) is 3.00. The van der Waals surface area contributed by atoms with Gasteiger partial charge < -0.3 is 10.2 Å². The van der Waals surface area contributed by atoms with Gasteiger partial charge in [0.05, 0.1) is 5.69 Å². The summed E-state index contributed by atoms with van der Waals surface area (Å²) in [5, 5.41) is 3.49. The molecule has 2 rings (SSSR count). The van der Waals surface area contributed by atoms with Crippen LogP contribution in [0.3, 0.4) is 0 Å². The lowest BCUT2D eigenvalue weighted by molar-refractivity contribution is 0.673. The number of pyridine rings is 1. The van der Waals surface area contributed by atoms with Crippen LogP contribution in [0.15, 0.2) is 30.9 Å². The molecule has 0 atom stereocenters. The van der Waals surface area contributed by atoms with E-state index in [1.807, 2.05) is 6.08 Å². The van der Waals surface area contributed by atoms with Crippen molar-refractivity contribution in [2.75, 3.05) is 18.0 Å². The van der Waals surface area contributed by atoms with Crippen LogP contribution in [0.2, 0.25) is 0 Å². The maximum atomic E-state index is 4.68. The molecule has 17 heavy (non-hydrogen) atoms. The second-order valence-corrected chi connectivity index (χ2v) is 4.47. The minimum atomic E-state index is 0.732. The van der Waals surface area contributed by atoms with Gasteiger partial charge in [-0.1, -0.05) is 12.1 Å². The highest BCUT2D eigenvalue weighted by Crippen LogP contribution is 2.19. The molecule has 0 saturated heterocycles. The molecule has 1 N–H and O–H groups in total. The van der Waals surface area contributed by atoms with E-state index in [1.54, 1.807) is 0 Å². The Bertz CT molecular complexity index is 371. The van der Waals surface area contributed by atoms with Gasteiger partial charge in [0, 0.05) is 25.7 Å². The number of nitrogens with zero attached hydrogens (tertiary/aromatic N) is 2. The van der Waals surface area contributed by atoms with Crippen molar-refractivity contribution < 1.29 is 0 Å². The molecule has 0 spiro atoms. The van der Waals surface area contributed by atoms with Gasteiger partial charge in [0.15, 0.2) is 0 Å². The molecule has 3 heteroatoms. The van der Waals surface area contributed by atoms with Crippen LogP contribution in [0.4, 0.5) is 5.82 Å². The fourth-order valence-electron chi connectivity index (χ4n) is 1.82. The minimum absolute atomic E-state index is 0.732. The van der Waals surface area contributed by atoms with E-state index in [0.717, 1.165) is 37.2 Å². The normalized spacial score (nSPS) is 14.6. The second-order valence-electron chi connectivity index (χ2n) is 4.47. The number of rotatable bonds is 7. The van der Waals surface area contributed by atoms with Crippen LogP contribution < -0.4 is 10.2 Å². The van der Waals surface area contributed by atoms with Gasteiger partial charge in [0.2, 0.25) is 0 Å². The quantitative estimate of drug-likeness (QED) is 0.730. The molecule has 0 amide bonds. The largest absolute Gasteiger partial charge is 0.353 e. The third-order valence-corrected chi connectivity index (χ3v) is 3.00. The number of aromatic nitrogens is 1. The summed E-state index contributed by atoms with van der Waals surface area (Å²) in [6.07, 6.45) is 4.55. The van der Waals surface area contributed by atoms with Gasteiger partial charge in [0.25, 0.3) is 0 Å². The first-order valence-electron chi connectivity index (χ1n) is 6.38. The topological polar surface area (TPSA) is 28.2 Å². The van der Waals surface area contributed by atoms with E-state index in [4.69, 9.17) is 0 Å². The average Bonchev–Trinajstić information content (AvgIpc) is 3.18. The highest BCUT2D eigenvalue weighted by atomic mass is 15.2. The zero-order valence-electron chi connectivity index (χ0n) is 10.5. The zero-order chi connectivity index (χ0) is 12.1. The second kappa shape index (κ2) is 5.82. The van der Waals surface area contributed by atoms with Crippen molar-refractivity contribution in [1.29, 1.82) is 0 Å². The van der Waals surface area contributed by atoms with Gasteiger partial charge in [-0.3, -0.25) is 0 Å². The number of nitrogens with one attached hydrogen (secondary N) is 1. The average molecular weight is 231 g/mol. The summed E-state index contributed by atoms with van der Waals surface area (Å²) in [5.41, 5.74) is 1.12. The van der Waals surface area contributed by atoms with E-state index in [0.29, 0.717) is 0 Å². The van der Waals surface area contributed by atoms with Crippen molar-refractivity contribution in [3.05, 3.63) is 36.5 Å². The van der Waals surface area contributed by atoms with Crippen LogP contribution in [-0.4, -0.2) is 24.1 Å². The first-order chi connectivity index (χ1) is 8.33. The Balaban J connectivity index is 2.00. The summed E-state index contributed by atoms with van der Waals surface area (Å²) in [6, 6.07) is 6.96. The van der Waals surface area contributed by atoms with E-state index in [1.165, 1.54) is 12.8 Å². The molecule has 1 aliphatic carbocycles. The molecular weight excluding hydrogens is 210 g/mol. The van der Waals surface area contributed by atoms with Crippen LogP contribution in [0.1, 0.15) is 25.5 Å². The van der Waals surface area contributed by atoms with Gasteiger partial charge in [0.1, 0.15) is 5.82 Å². The number of anilines is 1. The van der Waals surface area contributed by atoms with Gasteiger partial charge >= 0.3 is 0 Å². The van der Waals surface area contributed by atoms with Crippen molar-refractivity contribution in [3.63, 3.8) is 0 Å². The smallest absolute Gasteiger partial charge is 0.129 e. The van der Waals surface area contributed by atoms with Crippen molar-refractivity contribution >= 4 is 5.82 Å². The summed E-state index contributed by atoms with van der Waals surface area (Å²) >= 11 is 0. The number of hydrogen-bond acceptors (Lipinski definition) is 3. The molecule has 3 nitrogen and oxygen atoms in total. The highest BCUT2D eigenvalue weighted by molar-refractivity contribution is 5.39. The molecule has 0 bridgehead atoms. The Kier molecular flexibility index (Phi) is 4.15. The fourth-order valence-corrected chi connectivity index (χ4v) is 1.82. The number of likely N-dealkylation sites (N-methyl/N-ethyl adjacent to an activating group) is 1. The van der Waals surface area contributed by atoms with Crippen LogP contribution in [0, 0.1) is 0 Å². The standard InChI is InChI=1S/C14H21N3/c1-3-10-17(4-2)14-7-5-6-13(16-14)11-15-12-8-9-12/h3,5-7,12,15H,1,4,8-11H2,2H3. The Morgan fingerprint density at radius 3 is 3.00 bits per heavy atom. The lowest BCUT2D eigenvalue weighted by atomic mass is 10.3. The maximum absolute atomic E-state index is 4.68. The van der Waals surface area contributed by atoms with Gasteiger partial charge in [-0.2, -0.15) is 0 Å². The maximum Gasteiger partial charge on any atom is 0.129 e. The summed E-state index contributed by atoms with van der Waals surface area (Å²) in [7, 11) is 0. The molecule has 1 aromatic heterocycles. The van der Waals surface area contributed by atoms with Crippen LogP contribution >= 0.6 is 0 Å². The van der Waals surface area contributed by atoms with E-state index in [2.05, 4.69) is 46.9 Å². The third kappa shape index (κ3) is 3.56. The minimum Gasteiger partial charge on any atom is -0.353 e. The van der Waals surface area contributed by atoms with Crippen molar-refractivity contribution in [3.8, 4) is 0 Å². The Labute approximate surface area is 104 Å². The summed E-state index contributed by atoms with van der Waals surface area (Å²) in [4.78, 5) is 6.89. The predicted molar refractivity (Wildman–Crippen MR) is 72.2 cm³/mol. The SMILES string of the molecule is C=CCN(CC)c1cccc(CNC2CC2)n1. The van der Waals surface area contributed by atoms with E-state index in [-0.39, 0.29) is 0 Å². The van der Waals surface area contributed by atoms with Crippen LogP contribution in [-0.2, 0) is 6.54 Å². The molecule has 0 aromatic carbocycles. The Hall–Kier alpha value is -1.35. The molecule has 0 unspecified atom stereocenters. The van der Waals surface area contributed by atoms with Crippen molar-refractivity contribution in [2.45, 2.75) is 32.4 Å². The van der Waals surface area contributed by atoms with Crippen molar-refractivity contribution in [2.24, 2.45) is 0 Å².